The van der Waals surface area contributed by atoms with Gasteiger partial charge in [-0.15, -0.1) is 0 Å². The summed E-state index contributed by atoms with van der Waals surface area (Å²) in [5.41, 5.74) is 0.985. The molecule has 160 valence electrons. The lowest BCUT2D eigenvalue weighted by atomic mass is 9.77. The van der Waals surface area contributed by atoms with Gasteiger partial charge in [0.25, 0.3) is 5.91 Å². The maximum atomic E-state index is 13.0. The molecule has 0 bridgehead atoms. The van der Waals surface area contributed by atoms with E-state index < -0.39 is 11.6 Å². The molecule has 8 heteroatoms. The normalized spacial score (nSPS) is 24.9. The lowest BCUT2D eigenvalue weighted by Crippen LogP contribution is -2.60. The topological polar surface area (TPSA) is 82.0 Å². The van der Waals surface area contributed by atoms with E-state index in [0.717, 1.165) is 18.7 Å². The lowest BCUT2D eigenvalue weighted by molar-refractivity contribution is -0.0612. The molecule has 2 atom stereocenters. The largest absolute Gasteiger partial charge is 0.389 e. The minimum Gasteiger partial charge on any atom is -0.389 e. The van der Waals surface area contributed by atoms with Crippen LogP contribution in [0.3, 0.4) is 0 Å². The van der Waals surface area contributed by atoms with E-state index in [1.807, 2.05) is 49.3 Å². The number of morpholine rings is 1. The minimum atomic E-state index is -0.707. The second-order valence-electron chi connectivity index (χ2n) is 8.07. The van der Waals surface area contributed by atoms with Crippen molar-refractivity contribution in [3.63, 3.8) is 0 Å². The molecular formula is C22H29N5O3. The molecule has 2 aliphatic rings. The van der Waals surface area contributed by atoms with Gasteiger partial charge in [0.2, 0.25) is 5.95 Å². The van der Waals surface area contributed by atoms with Crippen molar-refractivity contribution in [3.8, 4) is 0 Å². The van der Waals surface area contributed by atoms with Crippen LogP contribution in [0.25, 0.3) is 0 Å². The van der Waals surface area contributed by atoms with E-state index >= 15 is 0 Å². The van der Waals surface area contributed by atoms with Crippen molar-refractivity contribution in [1.82, 2.24) is 19.8 Å². The highest BCUT2D eigenvalue weighted by atomic mass is 16.5. The van der Waals surface area contributed by atoms with Gasteiger partial charge < -0.3 is 19.6 Å². The van der Waals surface area contributed by atoms with Gasteiger partial charge >= 0.3 is 0 Å². The summed E-state index contributed by atoms with van der Waals surface area (Å²) in [5, 5.41) is 11.1. The van der Waals surface area contributed by atoms with Crippen molar-refractivity contribution in [2.24, 2.45) is 0 Å². The first-order chi connectivity index (χ1) is 14.5. The molecule has 3 heterocycles. The van der Waals surface area contributed by atoms with Crippen molar-refractivity contribution in [3.05, 3.63) is 53.9 Å². The Bertz CT molecular complexity index is 855. The summed E-state index contributed by atoms with van der Waals surface area (Å²) in [4.78, 5) is 27.6. The van der Waals surface area contributed by atoms with Crippen LogP contribution in [0.1, 0.15) is 22.3 Å². The number of likely N-dealkylation sites (tertiary alicyclic amines) is 1. The number of carbonyl (C=O) groups excluding carboxylic acids is 1. The summed E-state index contributed by atoms with van der Waals surface area (Å²) >= 11 is 0. The SMILES string of the molecule is CN(C)[C@]1(c2ccccc2)CCN(C(=O)c2cnc(N3CCOCC3)nc2)C[C@H]1O. The molecule has 0 spiro atoms. The van der Waals surface area contributed by atoms with Crippen LogP contribution in [0, 0.1) is 0 Å². The van der Waals surface area contributed by atoms with E-state index in [0.29, 0.717) is 37.7 Å². The van der Waals surface area contributed by atoms with Crippen LogP contribution in [-0.4, -0.2) is 90.4 Å². The number of amides is 1. The number of benzene rings is 1. The predicted molar refractivity (Wildman–Crippen MR) is 113 cm³/mol. The molecule has 2 aromatic rings. The number of aromatic nitrogens is 2. The Hall–Kier alpha value is -2.55. The maximum absolute atomic E-state index is 13.0. The van der Waals surface area contributed by atoms with Gasteiger partial charge in [-0.2, -0.15) is 0 Å². The molecule has 4 rings (SSSR count). The molecule has 0 aliphatic carbocycles. The van der Waals surface area contributed by atoms with Crippen LogP contribution in [0.5, 0.6) is 0 Å². The van der Waals surface area contributed by atoms with Gasteiger partial charge in [-0.05, 0) is 26.1 Å². The summed E-state index contributed by atoms with van der Waals surface area (Å²) < 4.78 is 5.35. The van der Waals surface area contributed by atoms with Crippen LogP contribution in [-0.2, 0) is 10.3 Å². The zero-order valence-corrected chi connectivity index (χ0v) is 17.6. The minimum absolute atomic E-state index is 0.150. The molecule has 0 saturated carbocycles. The fraction of sp³-hybridized carbons (Fsp3) is 0.500. The predicted octanol–water partition coefficient (Wildman–Crippen LogP) is 0.977. The molecule has 2 aliphatic heterocycles. The maximum Gasteiger partial charge on any atom is 0.257 e. The van der Waals surface area contributed by atoms with Crippen molar-refractivity contribution in [2.75, 3.05) is 58.4 Å². The van der Waals surface area contributed by atoms with Gasteiger partial charge in [-0.25, -0.2) is 9.97 Å². The summed E-state index contributed by atoms with van der Waals surface area (Å²) in [7, 11) is 3.96. The number of hydrogen-bond donors (Lipinski definition) is 1. The van der Waals surface area contributed by atoms with Gasteiger partial charge in [0.1, 0.15) is 0 Å². The Morgan fingerprint density at radius 2 is 1.80 bits per heavy atom. The smallest absolute Gasteiger partial charge is 0.257 e. The van der Waals surface area contributed by atoms with Crippen LogP contribution in [0.15, 0.2) is 42.7 Å². The molecule has 0 radical (unpaired) electrons. The summed E-state index contributed by atoms with van der Waals surface area (Å²) in [6.07, 6.45) is 3.10. The van der Waals surface area contributed by atoms with Crippen molar-refractivity contribution >= 4 is 11.9 Å². The fourth-order valence-corrected chi connectivity index (χ4v) is 4.49. The number of anilines is 1. The molecule has 1 aromatic carbocycles. The number of carbonyl (C=O) groups is 1. The fourth-order valence-electron chi connectivity index (χ4n) is 4.49. The Kier molecular flexibility index (Phi) is 5.99. The zero-order chi connectivity index (χ0) is 21.1. The van der Waals surface area contributed by atoms with Crippen LogP contribution >= 0.6 is 0 Å². The standard InChI is InChI=1S/C22H29N5O3/c1-25(2)22(18-6-4-3-5-7-18)8-9-27(16-19(22)28)20(29)17-14-23-21(24-15-17)26-10-12-30-13-11-26/h3-7,14-15,19,28H,8-13,16H2,1-2H3/t19-,22+/m1/s1. The summed E-state index contributed by atoms with van der Waals surface area (Å²) in [6, 6.07) is 10.0. The molecule has 0 unspecified atom stereocenters. The third-order valence-corrected chi connectivity index (χ3v) is 6.25. The summed E-state index contributed by atoms with van der Waals surface area (Å²) in [6.45, 7) is 3.62. The van der Waals surface area contributed by atoms with Gasteiger partial charge in [0.15, 0.2) is 0 Å². The van der Waals surface area contributed by atoms with Gasteiger partial charge in [-0.1, -0.05) is 30.3 Å². The van der Waals surface area contributed by atoms with Gasteiger partial charge in [-0.3, -0.25) is 9.69 Å². The van der Waals surface area contributed by atoms with E-state index in [-0.39, 0.29) is 12.5 Å². The molecule has 30 heavy (non-hydrogen) atoms. The first-order valence-electron chi connectivity index (χ1n) is 10.4. The van der Waals surface area contributed by atoms with Crippen LogP contribution in [0.4, 0.5) is 5.95 Å². The highest BCUT2D eigenvalue weighted by Gasteiger charge is 2.46. The third kappa shape index (κ3) is 3.78. The molecule has 2 fully saturated rings. The van der Waals surface area contributed by atoms with E-state index in [2.05, 4.69) is 14.9 Å². The molecule has 8 nitrogen and oxygen atoms in total. The molecule has 1 amide bonds. The van der Waals surface area contributed by atoms with Crippen molar-refractivity contribution in [1.29, 1.82) is 0 Å². The first kappa shape index (κ1) is 20.7. The number of rotatable bonds is 4. The molecule has 2 saturated heterocycles. The number of hydrogen-bond acceptors (Lipinski definition) is 7. The zero-order valence-electron chi connectivity index (χ0n) is 17.6. The van der Waals surface area contributed by atoms with Gasteiger partial charge in [0.05, 0.1) is 30.4 Å². The highest BCUT2D eigenvalue weighted by Crippen LogP contribution is 2.37. The average Bonchev–Trinajstić information content (AvgIpc) is 2.79. The lowest BCUT2D eigenvalue weighted by Gasteiger charge is -2.49. The Morgan fingerprint density at radius 3 is 2.40 bits per heavy atom. The van der Waals surface area contributed by atoms with Crippen molar-refractivity contribution in [2.45, 2.75) is 18.1 Å². The number of piperidine rings is 1. The average molecular weight is 412 g/mol. The third-order valence-electron chi connectivity index (χ3n) is 6.25. The van der Waals surface area contributed by atoms with E-state index in [9.17, 15) is 9.90 Å². The second kappa shape index (κ2) is 8.67. The Labute approximate surface area is 177 Å². The molecular weight excluding hydrogens is 382 g/mol. The molecule has 1 N–H and O–H groups in total. The first-order valence-corrected chi connectivity index (χ1v) is 10.4. The second-order valence-corrected chi connectivity index (χ2v) is 8.07. The Morgan fingerprint density at radius 1 is 1.13 bits per heavy atom. The molecule has 1 aromatic heterocycles. The van der Waals surface area contributed by atoms with E-state index in [1.54, 1.807) is 17.3 Å². The number of nitrogens with zero attached hydrogens (tertiary/aromatic N) is 5. The van der Waals surface area contributed by atoms with Gasteiger partial charge in [0, 0.05) is 38.6 Å². The highest BCUT2D eigenvalue weighted by molar-refractivity contribution is 5.93. The number of likely N-dealkylation sites (N-methyl/N-ethyl adjacent to an activating group) is 1. The van der Waals surface area contributed by atoms with Crippen molar-refractivity contribution < 1.29 is 14.6 Å². The monoisotopic (exact) mass is 411 g/mol. The van der Waals surface area contributed by atoms with E-state index in [4.69, 9.17) is 4.74 Å². The number of β-amino-alcohol motifs (C(OH)–C–C–N with tert-alkyl or cyclic N) is 1. The van der Waals surface area contributed by atoms with Crippen LogP contribution in [0.2, 0.25) is 0 Å². The number of ether oxygens (including phenoxy) is 1. The number of aliphatic hydroxyl groups is 1. The quantitative estimate of drug-likeness (QED) is 0.803. The van der Waals surface area contributed by atoms with Crippen LogP contribution < -0.4 is 4.90 Å². The van der Waals surface area contributed by atoms with E-state index in [1.165, 1.54) is 0 Å². The summed E-state index contributed by atoms with van der Waals surface area (Å²) in [5.74, 6) is 0.465. The Balaban J connectivity index is 1.48. The number of aliphatic hydroxyl groups excluding tert-OH is 1.